The molecule has 2 rings (SSSR count). The average Bonchev–Trinajstić information content (AvgIpc) is 2.83. The van der Waals surface area contributed by atoms with Crippen LogP contribution in [-0.2, 0) is 0 Å². The molecule has 0 radical (unpaired) electrons. The molecule has 0 atom stereocenters. The molecule has 2 aromatic rings. The predicted octanol–water partition coefficient (Wildman–Crippen LogP) is 3.90. The quantitative estimate of drug-likeness (QED) is 0.929. The molecule has 7 heteroatoms. The van der Waals surface area contributed by atoms with Crippen LogP contribution in [0.15, 0.2) is 41.8 Å². The number of carbonyl (C=O) groups is 1. The summed E-state index contributed by atoms with van der Waals surface area (Å²) in [6.07, 6.45) is -4.80. The standard InChI is InChI=1S/C12H8F3NO2S/c13-12(14,15)18-9-5-2-1-4-8(9)16-11(17)10-6-3-7-19-10/h1-7H,(H,16,17). The number of ether oxygens (including phenoxy) is 1. The highest BCUT2D eigenvalue weighted by Gasteiger charge is 2.32. The number of hydrogen-bond acceptors (Lipinski definition) is 3. The molecule has 0 spiro atoms. The lowest BCUT2D eigenvalue weighted by Crippen LogP contribution is -2.19. The van der Waals surface area contributed by atoms with Gasteiger partial charge in [0.05, 0.1) is 10.6 Å². The summed E-state index contributed by atoms with van der Waals surface area (Å²) in [6.45, 7) is 0. The molecule has 0 saturated heterocycles. The fourth-order valence-electron chi connectivity index (χ4n) is 1.38. The van der Waals surface area contributed by atoms with Gasteiger partial charge in [-0.05, 0) is 23.6 Å². The number of benzene rings is 1. The van der Waals surface area contributed by atoms with Gasteiger partial charge in [0.1, 0.15) is 0 Å². The van der Waals surface area contributed by atoms with Crippen LogP contribution < -0.4 is 10.1 Å². The lowest BCUT2D eigenvalue weighted by atomic mass is 10.3. The van der Waals surface area contributed by atoms with Crippen molar-refractivity contribution in [3.63, 3.8) is 0 Å². The highest BCUT2D eigenvalue weighted by atomic mass is 32.1. The molecule has 1 heterocycles. The molecule has 0 saturated carbocycles. The van der Waals surface area contributed by atoms with Crippen LogP contribution >= 0.6 is 11.3 Å². The largest absolute Gasteiger partial charge is 0.573 e. The van der Waals surface area contributed by atoms with Crippen LogP contribution in [-0.4, -0.2) is 12.3 Å². The van der Waals surface area contributed by atoms with Crippen LogP contribution in [0.3, 0.4) is 0 Å². The molecule has 0 unspecified atom stereocenters. The normalized spacial score (nSPS) is 11.1. The molecule has 1 aromatic heterocycles. The van der Waals surface area contributed by atoms with Gasteiger partial charge in [-0.25, -0.2) is 0 Å². The molecule has 1 amide bonds. The molecule has 0 fully saturated rings. The minimum Gasteiger partial charge on any atom is -0.404 e. The molecule has 3 nitrogen and oxygen atoms in total. The van der Waals surface area contributed by atoms with E-state index >= 15 is 0 Å². The van der Waals surface area contributed by atoms with Gasteiger partial charge in [-0.1, -0.05) is 18.2 Å². The van der Waals surface area contributed by atoms with Crippen molar-refractivity contribution in [1.82, 2.24) is 0 Å². The van der Waals surface area contributed by atoms with Crippen LogP contribution in [0.5, 0.6) is 5.75 Å². The van der Waals surface area contributed by atoms with Crippen molar-refractivity contribution in [2.45, 2.75) is 6.36 Å². The van der Waals surface area contributed by atoms with E-state index in [4.69, 9.17) is 0 Å². The Balaban J connectivity index is 2.18. The van der Waals surface area contributed by atoms with E-state index in [1.54, 1.807) is 17.5 Å². The number of carbonyl (C=O) groups excluding carboxylic acids is 1. The Labute approximate surface area is 110 Å². The highest BCUT2D eigenvalue weighted by Crippen LogP contribution is 2.30. The number of hydrogen-bond donors (Lipinski definition) is 1. The fourth-order valence-corrected chi connectivity index (χ4v) is 1.99. The van der Waals surface area contributed by atoms with Crippen LogP contribution in [0.25, 0.3) is 0 Å². The minimum atomic E-state index is -4.80. The maximum atomic E-state index is 12.2. The summed E-state index contributed by atoms with van der Waals surface area (Å²) in [5, 5.41) is 4.08. The Kier molecular flexibility index (Phi) is 3.75. The third kappa shape index (κ3) is 3.72. The second-order valence-corrected chi connectivity index (χ2v) is 4.42. The van der Waals surface area contributed by atoms with E-state index < -0.39 is 18.0 Å². The Morgan fingerprint density at radius 1 is 1.16 bits per heavy atom. The van der Waals surface area contributed by atoms with Gasteiger partial charge in [0, 0.05) is 0 Å². The zero-order valence-corrected chi connectivity index (χ0v) is 10.2. The lowest BCUT2D eigenvalue weighted by Gasteiger charge is -2.13. The molecule has 0 aliphatic carbocycles. The van der Waals surface area contributed by atoms with Gasteiger partial charge in [0.25, 0.3) is 5.91 Å². The summed E-state index contributed by atoms with van der Waals surface area (Å²) in [4.78, 5) is 12.2. The fraction of sp³-hybridized carbons (Fsp3) is 0.0833. The van der Waals surface area contributed by atoms with Crippen molar-refractivity contribution in [3.8, 4) is 5.75 Å². The van der Waals surface area contributed by atoms with Crippen molar-refractivity contribution in [3.05, 3.63) is 46.7 Å². The third-order valence-corrected chi connectivity index (χ3v) is 2.97. The number of nitrogens with one attached hydrogen (secondary N) is 1. The van der Waals surface area contributed by atoms with Gasteiger partial charge in [-0.3, -0.25) is 4.79 Å². The number of para-hydroxylation sites is 2. The minimum absolute atomic E-state index is 0.0294. The van der Waals surface area contributed by atoms with Crippen molar-refractivity contribution in [2.75, 3.05) is 5.32 Å². The first-order chi connectivity index (χ1) is 8.96. The molecular weight excluding hydrogens is 279 g/mol. The van der Waals surface area contributed by atoms with E-state index in [0.29, 0.717) is 4.88 Å². The van der Waals surface area contributed by atoms with Crippen LogP contribution in [0.2, 0.25) is 0 Å². The van der Waals surface area contributed by atoms with Crippen molar-refractivity contribution in [2.24, 2.45) is 0 Å². The first-order valence-electron chi connectivity index (χ1n) is 5.15. The van der Waals surface area contributed by atoms with Crippen LogP contribution in [0, 0.1) is 0 Å². The van der Waals surface area contributed by atoms with Gasteiger partial charge < -0.3 is 10.1 Å². The molecule has 1 aromatic carbocycles. The Morgan fingerprint density at radius 2 is 1.89 bits per heavy atom. The van der Waals surface area contributed by atoms with Gasteiger partial charge in [0.2, 0.25) is 0 Å². The number of rotatable bonds is 3. The SMILES string of the molecule is O=C(Nc1ccccc1OC(F)(F)F)c1cccs1. The van der Waals surface area contributed by atoms with Crippen molar-refractivity contribution < 1.29 is 22.7 Å². The number of alkyl halides is 3. The van der Waals surface area contributed by atoms with E-state index in [-0.39, 0.29) is 5.69 Å². The molecule has 0 aliphatic heterocycles. The van der Waals surface area contributed by atoms with E-state index in [1.807, 2.05) is 0 Å². The topological polar surface area (TPSA) is 38.3 Å². The molecule has 100 valence electrons. The Hall–Kier alpha value is -2.02. The van der Waals surface area contributed by atoms with Gasteiger partial charge in [-0.2, -0.15) is 0 Å². The molecular formula is C12H8F3NO2S. The smallest absolute Gasteiger partial charge is 0.404 e. The zero-order chi connectivity index (χ0) is 13.9. The summed E-state index contributed by atoms with van der Waals surface area (Å²) in [5.74, 6) is -0.923. The van der Waals surface area contributed by atoms with E-state index in [1.165, 1.54) is 29.5 Å². The maximum absolute atomic E-state index is 12.2. The van der Waals surface area contributed by atoms with Crippen LogP contribution in [0.1, 0.15) is 9.67 Å². The third-order valence-electron chi connectivity index (χ3n) is 2.11. The first kappa shape index (κ1) is 13.4. The average molecular weight is 287 g/mol. The summed E-state index contributed by atoms with van der Waals surface area (Å²) in [5.41, 5.74) is -0.0294. The summed E-state index contributed by atoms with van der Waals surface area (Å²) in [7, 11) is 0. The van der Waals surface area contributed by atoms with Crippen LogP contribution in [0.4, 0.5) is 18.9 Å². The highest BCUT2D eigenvalue weighted by molar-refractivity contribution is 7.12. The van der Waals surface area contributed by atoms with Crippen molar-refractivity contribution in [1.29, 1.82) is 0 Å². The number of anilines is 1. The zero-order valence-electron chi connectivity index (χ0n) is 9.40. The lowest BCUT2D eigenvalue weighted by molar-refractivity contribution is -0.274. The Bertz CT molecular complexity index is 567. The molecule has 0 aliphatic rings. The first-order valence-corrected chi connectivity index (χ1v) is 6.03. The maximum Gasteiger partial charge on any atom is 0.573 e. The van der Waals surface area contributed by atoms with Crippen molar-refractivity contribution >= 4 is 22.9 Å². The van der Waals surface area contributed by atoms with Gasteiger partial charge in [0.15, 0.2) is 5.75 Å². The van der Waals surface area contributed by atoms with E-state index in [9.17, 15) is 18.0 Å². The second kappa shape index (κ2) is 5.31. The van der Waals surface area contributed by atoms with E-state index in [2.05, 4.69) is 10.1 Å². The Morgan fingerprint density at radius 3 is 2.53 bits per heavy atom. The second-order valence-electron chi connectivity index (χ2n) is 3.48. The predicted molar refractivity (Wildman–Crippen MR) is 65.4 cm³/mol. The molecule has 1 N–H and O–H groups in total. The number of amides is 1. The summed E-state index contributed by atoms with van der Waals surface area (Å²) >= 11 is 1.19. The molecule has 19 heavy (non-hydrogen) atoms. The monoisotopic (exact) mass is 287 g/mol. The number of halogens is 3. The molecule has 0 bridgehead atoms. The van der Waals surface area contributed by atoms with Gasteiger partial charge >= 0.3 is 6.36 Å². The van der Waals surface area contributed by atoms with Gasteiger partial charge in [-0.15, -0.1) is 24.5 Å². The van der Waals surface area contributed by atoms with E-state index in [0.717, 1.165) is 6.07 Å². The summed E-state index contributed by atoms with van der Waals surface area (Å²) < 4.78 is 40.4. The number of thiophene rings is 1. The summed E-state index contributed by atoms with van der Waals surface area (Å²) in [6, 6.07) is 8.63.